The largest absolute Gasteiger partial charge is 0.497 e. The molecule has 0 fully saturated rings. The maximum atomic E-state index is 13.3. The number of fused-ring (bicyclic) bond motifs is 1. The Morgan fingerprint density at radius 1 is 1.21 bits per heavy atom. The fraction of sp³-hybridized carbons (Fsp3) is 0.143. The van der Waals surface area contributed by atoms with Crippen molar-refractivity contribution < 1.29 is 13.9 Å². The van der Waals surface area contributed by atoms with Crippen molar-refractivity contribution in [1.29, 1.82) is 0 Å². The van der Waals surface area contributed by atoms with E-state index >= 15 is 0 Å². The van der Waals surface area contributed by atoms with Gasteiger partial charge in [-0.1, -0.05) is 12.1 Å². The van der Waals surface area contributed by atoms with Crippen molar-refractivity contribution in [1.82, 2.24) is 14.8 Å². The molecule has 0 aliphatic rings. The number of carbonyl (C=O) groups is 1. The average Bonchev–Trinajstić information content (AvgIpc) is 3.12. The molecule has 0 bridgehead atoms. The number of hydrogen-bond donors (Lipinski definition) is 0. The van der Waals surface area contributed by atoms with Gasteiger partial charge in [0.15, 0.2) is 11.3 Å². The molecule has 0 N–H and O–H groups in total. The molecular formula is C21H16FN3O3S. The van der Waals surface area contributed by atoms with Crippen molar-refractivity contribution in [2.75, 3.05) is 7.11 Å². The molecule has 0 radical (unpaired) electrons. The minimum absolute atomic E-state index is 0.243. The van der Waals surface area contributed by atoms with Crippen LogP contribution in [0.4, 0.5) is 4.39 Å². The van der Waals surface area contributed by atoms with Gasteiger partial charge < -0.3 is 4.74 Å². The Bertz CT molecular complexity index is 1280. The number of carbonyl (C=O) groups excluding carboxylic acids is 1. The summed E-state index contributed by atoms with van der Waals surface area (Å²) >= 11 is 1.34. The molecule has 4 rings (SSSR count). The fourth-order valence-electron chi connectivity index (χ4n) is 2.99. The monoisotopic (exact) mass is 409 g/mol. The zero-order chi connectivity index (χ0) is 20.5. The number of aryl methyl sites for hydroxylation is 1. The van der Waals surface area contributed by atoms with E-state index in [1.807, 2.05) is 0 Å². The topological polar surface area (TPSA) is 74.1 Å². The third-order valence-electron chi connectivity index (χ3n) is 4.41. The summed E-state index contributed by atoms with van der Waals surface area (Å²) in [7, 11) is 1.52. The highest BCUT2D eigenvalue weighted by molar-refractivity contribution is 7.19. The summed E-state index contributed by atoms with van der Waals surface area (Å²) in [5.74, 6) is -0.101. The van der Waals surface area contributed by atoms with E-state index in [2.05, 4.69) is 10.1 Å². The van der Waals surface area contributed by atoms with E-state index in [0.717, 1.165) is 4.68 Å². The van der Waals surface area contributed by atoms with Crippen LogP contribution in [0.1, 0.15) is 15.4 Å². The Labute approximate surface area is 169 Å². The molecule has 6 nitrogen and oxygen atoms in total. The normalized spacial score (nSPS) is 11.0. The number of nitrogens with zero attached hydrogens (tertiary/aromatic N) is 3. The van der Waals surface area contributed by atoms with Gasteiger partial charge in [-0.25, -0.2) is 14.1 Å². The van der Waals surface area contributed by atoms with Crippen molar-refractivity contribution in [3.8, 4) is 17.0 Å². The number of ketones is 1. The first-order valence-electron chi connectivity index (χ1n) is 8.77. The van der Waals surface area contributed by atoms with E-state index < -0.39 is 5.56 Å². The fourth-order valence-corrected chi connectivity index (χ4v) is 3.91. The van der Waals surface area contributed by atoms with Crippen LogP contribution < -0.4 is 10.3 Å². The lowest BCUT2D eigenvalue weighted by molar-refractivity contribution is 0.0965. The van der Waals surface area contributed by atoms with E-state index in [-0.39, 0.29) is 23.7 Å². The Balaban J connectivity index is 1.82. The molecule has 2 aromatic heterocycles. The van der Waals surface area contributed by atoms with E-state index in [1.54, 1.807) is 43.3 Å². The standard InChI is InChI=1S/C21H16FN3O3S/c1-12-23-19-20(29-12)18(13-6-8-15(22)9-7-13)24-25(21(19)27)11-17(26)14-4-3-5-16(10-14)28-2/h3-10H,11H2,1-2H3. The van der Waals surface area contributed by atoms with Gasteiger partial charge >= 0.3 is 0 Å². The van der Waals surface area contributed by atoms with E-state index in [9.17, 15) is 14.0 Å². The molecule has 8 heteroatoms. The van der Waals surface area contributed by atoms with Crippen LogP contribution in [-0.4, -0.2) is 27.7 Å². The van der Waals surface area contributed by atoms with Gasteiger partial charge in [-0.3, -0.25) is 9.59 Å². The van der Waals surface area contributed by atoms with Gasteiger partial charge in [-0.2, -0.15) is 5.10 Å². The van der Waals surface area contributed by atoms with Crippen LogP contribution in [0.25, 0.3) is 21.5 Å². The summed E-state index contributed by atoms with van der Waals surface area (Å²) in [5.41, 5.74) is 1.36. The highest BCUT2D eigenvalue weighted by atomic mass is 32.1. The molecular weight excluding hydrogens is 393 g/mol. The maximum absolute atomic E-state index is 13.3. The van der Waals surface area contributed by atoms with Crippen molar-refractivity contribution in [3.05, 3.63) is 75.3 Å². The van der Waals surface area contributed by atoms with Crippen LogP contribution in [-0.2, 0) is 6.54 Å². The zero-order valence-corrected chi connectivity index (χ0v) is 16.5. The molecule has 4 aromatic rings. The number of methoxy groups -OCH3 is 1. The highest BCUT2D eigenvalue weighted by Gasteiger charge is 2.18. The third kappa shape index (κ3) is 3.66. The summed E-state index contributed by atoms with van der Waals surface area (Å²) in [4.78, 5) is 29.9. The number of halogens is 1. The van der Waals surface area contributed by atoms with Crippen LogP contribution in [0.2, 0.25) is 0 Å². The van der Waals surface area contributed by atoms with E-state index in [1.165, 1.54) is 30.6 Å². The van der Waals surface area contributed by atoms with E-state index in [4.69, 9.17) is 4.74 Å². The summed E-state index contributed by atoms with van der Waals surface area (Å²) in [6.07, 6.45) is 0. The number of thiazole rings is 1. The summed E-state index contributed by atoms with van der Waals surface area (Å²) < 4.78 is 20.2. The molecule has 0 saturated heterocycles. The van der Waals surface area contributed by atoms with Crippen LogP contribution in [0.15, 0.2) is 53.3 Å². The second-order valence-electron chi connectivity index (χ2n) is 6.38. The Morgan fingerprint density at radius 3 is 2.69 bits per heavy atom. The minimum Gasteiger partial charge on any atom is -0.497 e. The number of ether oxygens (including phenoxy) is 1. The lowest BCUT2D eigenvalue weighted by atomic mass is 10.1. The number of rotatable bonds is 5. The molecule has 2 heterocycles. The molecule has 0 saturated carbocycles. The maximum Gasteiger partial charge on any atom is 0.294 e. The highest BCUT2D eigenvalue weighted by Crippen LogP contribution is 2.29. The van der Waals surface area contributed by atoms with Crippen LogP contribution in [0.5, 0.6) is 5.75 Å². The number of aromatic nitrogens is 3. The molecule has 0 amide bonds. The Kier molecular flexibility index (Phi) is 4.94. The van der Waals surface area contributed by atoms with Gasteiger partial charge in [-0.05, 0) is 43.3 Å². The first-order valence-corrected chi connectivity index (χ1v) is 9.59. The predicted octanol–water partition coefficient (Wildman–Crippen LogP) is 3.86. The average molecular weight is 409 g/mol. The second kappa shape index (κ2) is 7.56. The van der Waals surface area contributed by atoms with Gasteiger partial charge in [0.2, 0.25) is 0 Å². The first kappa shape index (κ1) is 18.9. The smallest absolute Gasteiger partial charge is 0.294 e. The summed E-state index contributed by atoms with van der Waals surface area (Å²) in [6, 6.07) is 12.5. The molecule has 2 aromatic carbocycles. The molecule has 0 spiro atoms. The molecule has 0 aliphatic carbocycles. The quantitative estimate of drug-likeness (QED) is 0.468. The van der Waals surface area contributed by atoms with Crippen LogP contribution in [0, 0.1) is 12.7 Å². The molecule has 0 unspecified atom stereocenters. The van der Waals surface area contributed by atoms with Crippen molar-refractivity contribution in [2.24, 2.45) is 0 Å². The summed E-state index contributed by atoms with van der Waals surface area (Å²) in [6.45, 7) is 1.55. The molecule has 0 aliphatic heterocycles. The molecule has 29 heavy (non-hydrogen) atoms. The number of benzene rings is 2. The Morgan fingerprint density at radius 2 is 1.97 bits per heavy atom. The Hall–Kier alpha value is -3.39. The second-order valence-corrected chi connectivity index (χ2v) is 7.59. The molecule has 0 atom stereocenters. The number of Topliss-reactive ketones (excluding diaryl/α,β-unsaturated/α-hetero) is 1. The first-order chi connectivity index (χ1) is 14.0. The SMILES string of the molecule is COc1cccc(C(=O)Cn2nc(-c3ccc(F)cc3)c3sc(C)nc3c2=O)c1. The van der Waals surface area contributed by atoms with Crippen LogP contribution in [0.3, 0.4) is 0 Å². The van der Waals surface area contributed by atoms with Gasteiger partial charge in [0.05, 0.1) is 16.8 Å². The lowest BCUT2D eigenvalue weighted by Gasteiger charge is -2.09. The van der Waals surface area contributed by atoms with Gasteiger partial charge in [0, 0.05) is 11.1 Å². The zero-order valence-electron chi connectivity index (χ0n) is 15.7. The summed E-state index contributed by atoms with van der Waals surface area (Å²) in [5, 5.41) is 5.13. The molecule has 146 valence electrons. The van der Waals surface area contributed by atoms with Crippen molar-refractivity contribution >= 4 is 27.3 Å². The van der Waals surface area contributed by atoms with Crippen LogP contribution >= 0.6 is 11.3 Å². The lowest BCUT2D eigenvalue weighted by Crippen LogP contribution is -2.27. The minimum atomic E-state index is -0.438. The van der Waals surface area contributed by atoms with Gasteiger partial charge in [0.1, 0.15) is 23.8 Å². The number of hydrogen-bond acceptors (Lipinski definition) is 6. The van der Waals surface area contributed by atoms with Gasteiger partial charge in [0.25, 0.3) is 5.56 Å². The third-order valence-corrected chi connectivity index (χ3v) is 5.39. The van der Waals surface area contributed by atoms with Gasteiger partial charge in [-0.15, -0.1) is 11.3 Å². The van der Waals surface area contributed by atoms with E-state index in [0.29, 0.717) is 32.3 Å². The predicted molar refractivity (Wildman–Crippen MR) is 109 cm³/mol. The van der Waals surface area contributed by atoms with Crippen molar-refractivity contribution in [2.45, 2.75) is 13.5 Å². The van der Waals surface area contributed by atoms with Crippen molar-refractivity contribution in [3.63, 3.8) is 0 Å².